The van der Waals surface area contributed by atoms with Crippen LogP contribution < -0.4 is 10.6 Å². The van der Waals surface area contributed by atoms with E-state index in [0.717, 1.165) is 34.9 Å². The molecule has 2 amide bonds. The van der Waals surface area contributed by atoms with Crippen molar-refractivity contribution in [2.24, 2.45) is 5.92 Å². The van der Waals surface area contributed by atoms with E-state index in [1.165, 1.54) is 0 Å². The molecule has 1 aliphatic heterocycles. The Morgan fingerprint density at radius 3 is 2.56 bits per heavy atom. The van der Waals surface area contributed by atoms with Gasteiger partial charge in [-0.25, -0.2) is 13.4 Å². The van der Waals surface area contributed by atoms with Crippen molar-refractivity contribution < 1.29 is 18.0 Å². The van der Waals surface area contributed by atoms with Crippen molar-refractivity contribution in [3.8, 4) is 11.1 Å². The summed E-state index contributed by atoms with van der Waals surface area (Å²) in [6, 6.07) is 11.2. The number of H-pyrrole nitrogens is 1. The van der Waals surface area contributed by atoms with E-state index >= 15 is 0 Å². The van der Waals surface area contributed by atoms with Crippen molar-refractivity contribution in [3.05, 3.63) is 48.2 Å². The van der Waals surface area contributed by atoms with Crippen LogP contribution in [0.2, 0.25) is 0 Å². The van der Waals surface area contributed by atoms with Crippen molar-refractivity contribution in [2.45, 2.75) is 31.7 Å². The number of hydrogen-bond donors (Lipinski definition) is 3. The number of carbonyl (C=O) groups excluding carboxylic acids is 2. The molecule has 3 N–H and O–H groups in total. The molecular formula is C23H24N4O4S. The molecule has 2 aromatic heterocycles. The van der Waals surface area contributed by atoms with Gasteiger partial charge in [0.15, 0.2) is 9.84 Å². The van der Waals surface area contributed by atoms with Crippen molar-refractivity contribution in [1.29, 1.82) is 0 Å². The molecule has 3 heterocycles. The predicted molar refractivity (Wildman–Crippen MR) is 122 cm³/mol. The quantitative estimate of drug-likeness (QED) is 0.530. The average Bonchev–Trinajstić information content (AvgIpc) is 3.40. The molecule has 2 fully saturated rings. The molecule has 32 heavy (non-hydrogen) atoms. The van der Waals surface area contributed by atoms with Gasteiger partial charge in [0.05, 0.1) is 17.9 Å². The predicted octanol–water partition coefficient (Wildman–Crippen LogP) is 2.42. The third kappa shape index (κ3) is 4.52. The van der Waals surface area contributed by atoms with Gasteiger partial charge in [-0.3, -0.25) is 9.59 Å². The molecule has 0 spiro atoms. The van der Waals surface area contributed by atoms with Gasteiger partial charge in [0.1, 0.15) is 11.5 Å². The minimum Gasteiger partial charge on any atom is -0.352 e. The topological polar surface area (TPSA) is 121 Å². The third-order valence-electron chi connectivity index (χ3n) is 5.96. The lowest BCUT2D eigenvalue weighted by molar-refractivity contribution is -0.121. The number of nitrogens with one attached hydrogen (secondary N) is 3. The zero-order valence-corrected chi connectivity index (χ0v) is 18.2. The zero-order valence-electron chi connectivity index (χ0n) is 17.4. The highest BCUT2D eigenvalue weighted by molar-refractivity contribution is 7.91. The third-order valence-corrected chi connectivity index (χ3v) is 7.72. The van der Waals surface area contributed by atoms with Crippen LogP contribution in [0, 0.1) is 5.92 Å². The highest BCUT2D eigenvalue weighted by Crippen LogP contribution is 2.33. The maximum absolute atomic E-state index is 12.3. The zero-order chi connectivity index (χ0) is 22.3. The van der Waals surface area contributed by atoms with Crippen LogP contribution in [0.25, 0.3) is 22.2 Å². The van der Waals surface area contributed by atoms with Gasteiger partial charge in [0.25, 0.3) is 0 Å². The Hall–Kier alpha value is -3.20. The molecule has 0 radical (unpaired) electrons. The molecule has 5 rings (SSSR count). The van der Waals surface area contributed by atoms with E-state index in [2.05, 4.69) is 20.6 Å². The first-order chi connectivity index (χ1) is 15.4. The first kappa shape index (κ1) is 20.7. The van der Waals surface area contributed by atoms with Gasteiger partial charge >= 0.3 is 0 Å². The maximum atomic E-state index is 12.3. The van der Waals surface area contributed by atoms with Gasteiger partial charge in [-0.1, -0.05) is 24.3 Å². The van der Waals surface area contributed by atoms with Crippen LogP contribution in [0.15, 0.2) is 42.6 Å². The van der Waals surface area contributed by atoms with Crippen LogP contribution in [0.4, 0.5) is 5.82 Å². The lowest BCUT2D eigenvalue weighted by Crippen LogP contribution is -2.36. The number of aromatic nitrogens is 2. The molecule has 1 unspecified atom stereocenters. The molecule has 2 aliphatic rings. The molecule has 166 valence electrons. The van der Waals surface area contributed by atoms with E-state index in [-0.39, 0.29) is 41.7 Å². The van der Waals surface area contributed by atoms with Crippen LogP contribution in [0.1, 0.15) is 24.8 Å². The smallest absolute Gasteiger partial charge is 0.228 e. The molecule has 9 heteroatoms. The van der Waals surface area contributed by atoms with Crippen molar-refractivity contribution in [1.82, 2.24) is 15.3 Å². The van der Waals surface area contributed by atoms with Gasteiger partial charge in [-0.2, -0.15) is 0 Å². The van der Waals surface area contributed by atoms with E-state index in [1.807, 2.05) is 42.6 Å². The van der Waals surface area contributed by atoms with Crippen molar-refractivity contribution in [2.75, 3.05) is 16.8 Å². The minimum atomic E-state index is -3.02. The number of aromatic amines is 1. The number of rotatable bonds is 6. The summed E-state index contributed by atoms with van der Waals surface area (Å²) in [6.07, 6.45) is 4.33. The second-order valence-electron chi connectivity index (χ2n) is 8.60. The first-order valence-corrected chi connectivity index (χ1v) is 12.6. The molecule has 1 aliphatic carbocycles. The average molecular weight is 453 g/mol. The number of pyridine rings is 1. The molecule has 1 atom stereocenters. The highest BCUT2D eigenvalue weighted by Gasteiger charge is 2.30. The fraction of sp³-hybridized carbons (Fsp3) is 0.348. The van der Waals surface area contributed by atoms with Crippen LogP contribution in [-0.4, -0.2) is 47.7 Å². The SMILES string of the molecule is O=C(Cc1ccc(-c2cc(NC(=O)C3CC3)nc3[nH]ccc23)cc1)NC1CCS(=O)(=O)C1. The van der Waals surface area contributed by atoms with Gasteiger partial charge in [0, 0.05) is 23.5 Å². The van der Waals surface area contributed by atoms with Gasteiger partial charge in [-0.05, 0) is 48.1 Å². The van der Waals surface area contributed by atoms with Crippen LogP contribution in [0.3, 0.4) is 0 Å². The Kier molecular flexibility index (Phi) is 5.21. The number of carbonyl (C=O) groups is 2. The number of nitrogens with zero attached hydrogens (tertiary/aromatic N) is 1. The molecular weight excluding hydrogens is 428 g/mol. The summed E-state index contributed by atoms with van der Waals surface area (Å²) in [5, 5.41) is 6.67. The van der Waals surface area contributed by atoms with E-state index < -0.39 is 9.84 Å². The standard InChI is InChI=1S/C23H24N4O4S/c28-21(25-17-8-10-32(30,31)13-17)11-14-1-3-15(4-2-14)19-12-20(27-23(29)16-5-6-16)26-22-18(19)7-9-24-22/h1-4,7,9,12,16-17H,5-6,8,10-11,13H2,(H,25,28)(H2,24,26,27,29). The van der Waals surface area contributed by atoms with Crippen molar-refractivity contribution >= 4 is 38.5 Å². The van der Waals surface area contributed by atoms with E-state index in [4.69, 9.17) is 0 Å². The fourth-order valence-electron chi connectivity index (χ4n) is 4.09. The molecule has 0 bridgehead atoms. The van der Waals surface area contributed by atoms with Crippen LogP contribution >= 0.6 is 0 Å². The van der Waals surface area contributed by atoms with Gasteiger partial charge < -0.3 is 15.6 Å². The number of hydrogen-bond acceptors (Lipinski definition) is 5. The number of amides is 2. The Balaban J connectivity index is 1.31. The molecule has 1 aromatic carbocycles. The van der Waals surface area contributed by atoms with Gasteiger partial charge in [-0.15, -0.1) is 0 Å². The molecule has 8 nitrogen and oxygen atoms in total. The fourth-order valence-corrected chi connectivity index (χ4v) is 5.76. The van der Waals surface area contributed by atoms with Crippen LogP contribution in [-0.2, 0) is 25.8 Å². The second-order valence-corrected chi connectivity index (χ2v) is 10.8. The summed E-state index contributed by atoms with van der Waals surface area (Å²) in [5.74, 6) is 0.588. The molecule has 3 aromatic rings. The van der Waals surface area contributed by atoms with E-state index in [0.29, 0.717) is 17.9 Å². The maximum Gasteiger partial charge on any atom is 0.228 e. The summed E-state index contributed by atoms with van der Waals surface area (Å²) < 4.78 is 23.1. The first-order valence-electron chi connectivity index (χ1n) is 10.7. The number of anilines is 1. The Labute approximate surface area is 185 Å². The summed E-state index contributed by atoms with van der Waals surface area (Å²) in [7, 11) is -3.02. The Bertz CT molecular complexity index is 1290. The lowest BCUT2D eigenvalue weighted by Gasteiger charge is -2.12. The molecule has 1 saturated heterocycles. The van der Waals surface area contributed by atoms with E-state index in [1.54, 1.807) is 0 Å². The summed E-state index contributed by atoms with van der Waals surface area (Å²) in [6.45, 7) is 0. The number of sulfone groups is 1. The second kappa shape index (κ2) is 8.05. The highest BCUT2D eigenvalue weighted by atomic mass is 32.2. The number of fused-ring (bicyclic) bond motifs is 1. The minimum absolute atomic E-state index is 0.00535. The largest absolute Gasteiger partial charge is 0.352 e. The molecule has 1 saturated carbocycles. The lowest BCUT2D eigenvalue weighted by atomic mass is 10.0. The Morgan fingerprint density at radius 1 is 1.09 bits per heavy atom. The number of benzene rings is 1. The normalized spacial score (nSPS) is 19.7. The van der Waals surface area contributed by atoms with E-state index in [9.17, 15) is 18.0 Å². The Morgan fingerprint density at radius 2 is 1.88 bits per heavy atom. The summed E-state index contributed by atoms with van der Waals surface area (Å²) in [4.78, 5) is 32.1. The van der Waals surface area contributed by atoms with Crippen LogP contribution in [0.5, 0.6) is 0 Å². The van der Waals surface area contributed by atoms with Gasteiger partial charge in [0.2, 0.25) is 11.8 Å². The van der Waals surface area contributed by atoms with Crippen molar-refractivity contribution in [3.63, 3.8) is 0 Å². The monoisotopic (exact) mass is 452 g/mol. The summed E-state index contributed by atoms with van der Waals surface area (Å²) in [5.41, 5.74) is 3.43. The summed E-state index contributed by atoms with van der Waals surface area (Å²) >= 11 is 0.